The number of aliphatic carboxylic acids is 1. The van der Waals surface area contributed by atoms with Gasteiger partial charge in [0.1, 0.15) is 12.7 Å². The zero-order valence-electron chi connectivity index (χ0n) is 13.2. The van der Waals surface area contributed by atoms with Crippen molar-refractivity contribution >= 4 is 12.0 Å². The number of hydrogen-bond acceptors (Lipinski definition) is 5. The Bertz CT molecular complexity index is 776. The lowest BCUT2D eigenvalue weighted by Gasteiger charge is -2.13. The van der Waals surface area contributed by atoms with Gasteiger partial charge in [-0.05, 0) is 36.3 Å². The molecule has 0 saturated carbocycles. The molecular formula is C19H16NO4-. The molecule has 0 aromatic heterocycles. The Balaban J connectivity index is 2.23. The van der Waals surface area contributed by atoms with Gasteiger partial charge in [-0.1, -0.05) is 36.4 Å². The van der Waals surface area contributed by atoms with Crippen LogP contribution in [0.5, 0.6) is 11.5 Å². The molecule has 0 aliphatic carbocycles. The summed E-state index contributed by atoms with van der Waals surface area (Å²) in [7, 11) is 0. The Morgan fingerprint density at radius 2 is 1.92 bits per heavy atom. The summed E-state index contributed by atoms with van der Waals surface area (Å²) in [6.45, 7) is 2.66. The van der Waals surface area contributed by atoms with E-state index in [-0.39, 0.29) is 0 Å². The Morgan fingerprint density at radius 3 is 2.54 bits per heavy atom. The second-order valence-electron chi connectivity index (χ2n) is 4.87. The van der Waals surface area contributed by atoms with Crippen molar-refractivity contribution in [3.05, 3.63) is 65.2 Å². The van der Waals surface area contributed by atoms with E-state index in [1.54, 1.807) is 24.3 Å². The van der Waals surface area contributed by atoms with Gasteiger partial charge >= 0.3 is 0 Å². The molecule has 2 aromatic carbocycles. The third-order valence-corrected chi connectivity index (χ3v) is 3.16. The first-order chi connectivity index (χ1) is 11.6. The number of benzene rings is 2. The Kier molecular flexibility index (Phi) is 5.98. The van der Waals surface area contributed by atoms with Crippen LogP contribution in [0.25, 0.3) is 6.08 Å². The number of nitriles is 1. The number of nitrogens with zero attached hydrogens (tertiary/aromatic N) is 1. The third-order valence-electron chi connectivity index (χ3n) is 3.16. The molecule has 0 heterocycles. The van der Waals surface area contributed by atoms with Crippen LogP contribution in [0, 0.1) is 11.3 Å². The summed E-state index contributed by atoms with van der Waals surface area (Å²) in [6.07, 6.45) is 1.23. The molecule has 24 heavy (non-hydrogen) atoms. The highest BCUT2D eigenvalue weighted by Crippen LogP contribution is 2.30. The minimum absolute atomic E-state index is 0.387. The average molecular weight is 322 g/mol. The lowest BCUT2D eigenvalue weighted by Crippen LogP contribution is -2.23. The van der Waals surface area contributed by atoms with E-state index in [0.29, 0.717) is 30.3 Å². The van der Waals surface area contributed by atoms with Crippen molar-refractivity contribution in [1.29, 1.82) is 5.26 Å². The predicted octanol–water partition coefficient (Wildman–Crippen LogP) is 2.32. The number of carbonyl (C=O) groups is 1. The minimum Gasteiger partial charge on any atom is -0.544 e. The van der Waals surface area contributed by atoms with Gasteiger partial charge in [0, 0.05) is 0 Å². The van der Waals surface area contributed by atoms with Gasteiger partial charge in [-0.15, -0.1) is 0 Å². The lowest BCUT2D eigenvalue weighted by atomic mass is 10.1. The molecule has 122 valence electrons. The summed E-state index contributed by atoms with van der Waals surface area (Å²) >= 11 is 0. The minimum atomic E-state index is -1.51. The summed E-state index contributed by atoms with van der Waals surface area (Å²) in [5.74, 6) is -0.484. The Hall–Kier alpha value is -3.26. The van der Waals surface area contributed by atoms with Crippen molar-refractivity contribution in [2.45, 2.75) is 13.5 Å². The standard InChI is InChI=1S/C19H17NO4/c1-2-23-18-11-15(10-16(12-20)19(21)22)8-9-17(18)24-13-14-6-4-3-5-7-14/h3-11H,2,13H2,1H3,(H,21,22)/p-1/b16-10+. The van der Waals surface area contributed by atoms with Crippen LogP contribution in [0.4, 0.5) is 0 Å². The SMILES string of the molecule is CCOc1cc(/C=C(\C#N)C(=O)[O-])ccc1OCc1ccccc1. The van der Waals surface area contributed by atoms with E-state index in [1.165, 1.54) is 6.08 Å². The molecule has 0 bridgehead atoms. The van der Waals surface area contributed by atoms with E-state index in [0.717, 1.165) is 5.56 Å². The molecule has 0 radical (unpaired) electrons. The number of ether oxygens (including phenoxy) is 2. The number of hydrogen-bond donors (Lipinski definition) is 0. The van der Waals surface area contributed by atoms with Gasteiger partial charge in [0.25, 0.3) is 0 Å². The largest absolute Gasteiger partial charge is 0.544 e. The topological polar surface area (TPSA) is 82.4 Å². The number of rotatable bonds is 7. The molecule has 5 nitrogen and oxygen atoms in total. The van der Waals surface area contributed by atoms with Gasteiger partial charge in [0.05, 0.1) is 18.1 Å². The summed E-state index contributed by atoms with van der Waals surface area (Å²) in [5, 5.41) is 19.6. The van der Waals surface area contributed by atoms with Crippen molar-refractivity contribution < 1.29 is 19.4 Å². The zero-order chi connectivity index (χ0) is 17.4. The summed E-state index contributed by atoms with van der Waals surface area (Å²) in [6, 6.07) is 16.3. The van der Waals surface area contributed by atoms with Crippen LogP contribution in [0.3, 0.4) is 0 Å². The molecule has 0 aliphatic rings. The second kappa shape index (κ2) is 8.39. The fourth-order valence-corrected chi connectivity index (χ4v) is 2.04. The smallest absolute Gasteiger partial charge is 0.161 e. The van der Waals surface area contributed by atoms with Gasteiger partial charge < -0.3 is 19.4 Å². The van der Waals surface area contributed by atoms with Gasteiger partial charge in [-0.2, -0.15) is 5.26 Å². The molecule has 0 fully saturated rings. The first kappa shape index (κ1) is 17.1. The van der Waals surface area contributed by atoms with E-state index < -0.39 is 11.5 Å². The van der Waals surface area contributed by atoms with Gasteiger partial charge in [-0.25, -0.2) is 0 Å². The van der Waals surface area contributed by atoms with E-state index in [2.05, 4.69) is 0 Å². The summed E-state index contributed by atoms with van der Waals surface area (Å²) in [4.78, 5) is 10.8. The average Bonchev–Trinajstić information content (AvgIpc) is 2.60. The number of carboxylic acid groups (broad SMARTS) is 1. The molecule has 0 spiro atoms. The van der Waals surface area contributed by atoms with E-state index in [4.69, 9.17) is 14.7 Å². The molecule has 0 aliphatic heterocycles. The van der Waals surface area contributed by atoms with Crippen LogP contribution in [-0.2, 0) is 11.4 Å². The molecule has 0 saturated heterocycles. The number of carbonyl (C=O) groups excluding carboxylic acids is 1. The molecule has 0 atom stereocenters. The Morgan fingerprint density at radius 1 is 1.17 bits per heavy atom. The molecule has 2 aromatic rings. The van der Waals surface area contributed by atoms with Crippen molar-refractivity contribution in [3.63, 3.8) is 0 Å². The first-order valence-electron chi connectivity index (χ1n) is 7.40. The quantitative estimate of drug-likeness (QED) is 0.577. The highest BCUT2D eigenvalue weighted by molar-refractivity contribution is 5.95. The van der Waals surface area contributed by atoms with Gasteiger partial charge in [0.15, 0.2) is 11.5 Å². The van der Waals surface area contributed by atoms with Gasteiger partial charge in [-0.3, -0.25) is 0 Å². The van der Waals surface area contributed by atoms with Crippen LogP contribution in [-0.4, -0.2) is 12.6 Å². The fourth-order valence-electron chi connectivity index (χ4n) is 2.04. The van der Waals surface area contributed by atoms with Crippen LogP contribution in [0.2, 0.25) is 0 Å². The maximum absolute atomic E-state index is 10.8. The maximum Gasteiger partial charge on any atom is 0.161 e. The molecule has 0 amide bonds. The van der Waals surface area contributed by atoms with Crippen LogP contribution in [0.1, 0.15) is 18.1 Å². The Labute approximate surface area is 140 Å². The normalized spacial score (nSPS) is 10.8. The third kappa shape index (κ3) is 4.62. The van der Waals surface area contributed by atoms with Crippen molar-refractivity contribution in [2.75, 3.05) is 6.61 Å². The molecular weight excluding hydrogens is 306 g/mol. The van der Waals surface area contributed by atoms with Crippen LogP contribution in [0.15, 0.2) is 54.1 Å². The van der Waals surface area contributed by atoms with Crippen molar-refractivity contribution in [1.82, 2.24) is 0 Å². The molecule has 5 heteroatoms. The summed E-state index contributed by atoms with van der Waals surface area (Å²) in [5.41, 5.74) is 1.09. The highest BCUT2D eigenvalue weighted by Gasteiger charge is 2.07. The zero-order valence-corrected chi connectivity index (χ0v) is 13.2. The van der Waals surface area contributed by atoms with Gasteiger partial charge in [0.2, 0.25) is 0 Å². The van der Waals surface area contributed by atoms with Crippen LogP contribution >= 0.6 is 0 Å². The van der Waals surface area contributed by atoms with E-state index in [9.17, 15) is 9.90 Å². The molecule has 2 rings (SSSR count). The first-order valence-corrected chi connectivity index (χ1v) is 7.40. The van der Waals surface area contributed by atoms with Crippen molar-refractivity contribution in [3.8, 4) is 17.6 Å². The predicted molar refractivity (Wildman–Crippen MR) is 87.0 cm³/mol. The van der Waals surface area contributed by atoms with Crippen molar-refractivity contribution in [2.24, 2.45) is 0 Å². The second-order valence-corrected chi connectivity index (χ2v) is 4.87. The van der Waals surface area contributed by atoms with E-state index in [1.807, 2.05) is 37.3 Å². The highest BCUT2D eigenvalue weighted by atomic mass is 16.5. The molecule has 0 unspecified atom stereocenters. The monoisotopic (exact) mass is 322 g/mol. The fraction of sp³-hybridized carbons (Fsp3) is 0.158. The van der Waals surface area contributed by atoms with E-state index >= 15 is 0 Å². The molecule has 0 N–H and O–H groups in total. The summed E-state index contributed by atoms with van der Waals surface area (Å²) < 4.78 is 11.3. The van der Waals surface area contributed by atoms with Crippen LogP contribution < -0.4 is 14.6 Å². The maximum atomic E-state index is 10.8. The lowest BCUT2D eigenvalue weighted by molar-refractivity contribution is -0.298. The number of carboxylic acids is 1.